The topological polar surface area (TPSA) is 113 Å². The van der Waals surface area contributed by atoms with E-state index in [1.807, 2.05) is 6.07 Å². The van der Waals surface area contributed by atoms with Crippen molar-refractivity contribution in [3.05, 3.63) is 41.3 Å². The maximum absolute atomic E-state index is 13.2. The molecule has 0 bridgehead atoms. The number of primary amides is 1. The molecule has 10 heteroatoms. The van der Waals surface area contributed by atoms with Crippen molar-refractivity contribution in [1.82, 2.24) is 4.31 Å². The average molecular weight is 477 g/mol. The number of thiophene rings is 1. The van der Waals surface area contributed by atoms with Crippen molar-refractivity contribution in [3.63, 3.8) is 0 Å². The van der Waals surface area contributed by atoms with Crippen molar-refractivity contribution in [3.8, 4) is 0 Å². The zero-order chi connectivity index (χ0) is 22.7. The van der Waals surface area contributed by atoms with Gasteiger partial charge in [-0.2, -0.15) is 4.31 Å². The van der Waals surface area contributed by atoms with Crippen LogP contribution in [0, 0.1) is 5.92 Å². The molecular formula is C22H28N4O4S2. The second kappa shape index (κ2) is 9.60. The zero-order valence-electron chi connectivity index (χ0n) is 17.8. The van der Waals surface area contributed by atoms with Crippen LogP contribution in [0.1, 0.15) is 42.5 Å². The molecule has 2 aliphatic heterocycles. The van der Waals surface area contributed by atoms with Crippen LogP contribution in [0.5, 0.6) is 0 Å². The Balaban J connectivity index is 1.53. The maximum atomic E-state index is 13.2. The second-order valence-electron chi connectivity index (χ2n) is 8.27. The zero-order valence-corrected chi connectivity index (χ0v) is 19.5. The average Bonchev–Trinajstić information content (AvgIpc) is 3.36. The van der Waals surface area contributed by atoms with Crippen molar-refractivity contribution in [2.24, 2.45) is 11.7 Å². The van der Waals surface area contributed by atoms with E-state index in [4.69, 9.17) is 5.73 Å². The van der Waals surface area contributed by atoms with E-state index in [9.17, 15) is 18.0 Å². The smallest absolute Gasteiger partial charge is 0.252 e. The third-order valence-electron chi connectivity index (χ3n) is 6.08. The summed E-state index contributed by atoms with van der Waals surface area (Å²) in [4.78, 5) is 27.1. The lowest BCUT2D eigenvalue weighted by Gasteiger charge is -2.33. The van der Waals surface area contributed by atoms with Gasteiger partial charge < -0.3 is 16.0 Å². The number of anilines is 2. The molecule has 3 heterocycles. The Morgan fingerprint density at radius 1 is 1.06 bits per heavy atom. The van der Waals surface area contributed by atoms with E-state index in [2.05, 4.69) is 10.2 Å². The van der Waals surface area contributed by atoms with Crippen LogP contribution in [0.4, 0.5) is 11.4 Å². The number of piperidine rings is 2. The second-order valence-corrected chi connectivity index (χ2v) is 11.4. The van der Waals surface area contributed by atoms with Crippen LogP contribution in [-0.4, -0.2) is 50.7 Å². The van der Waals surface area contributed by atoms with Crippen molar-refractivity contribution >= 4 is 44.5 Å². The van der Waals surface area contributed by atoms with Crippen molar-refractivity contribution < 1.29 is 18.0 Å². The molecule has 1 atom stereocenters. The number of rotatable bonds is 6. The highest BCUT2D eigenvalue weighted by Gasteiger charge is 2.34. The van der Waals surface area contributed by atoms with E-state index in [0.29, 0.717) is 34.8 Å². The van der Waals surface area contributed by atoms with Crippen LogP contribution in [0.2, 0.25) is 0 Å². The number of hydrogen-bond donors (Lipinski definition) is 2. The first-order valence-electron chi connectivity index (χ1n) is 10.9. The van der Waals surface area contributed by atoms with Gasteiger partial charge in [0.05, 0.1) is 17.3 Å². The number of nitrogens with zero attached hydrogens (tertiary/aromatic N) is 2. The van der Waals surface area contributed by atoms with Gasteiger partial charge in [0.2, 0.25) is 11.8 Å². The lowest BCUT2D eigenvalue weighted by Crippen LogP contribution is -2.43. The molecule has 0 aliphatic carbocycles. The van der Waals surface area contributed by atoms with Gasteiger partial charge in [-0.25, -0.2) is 8.42 Å². The third-order valence-corrected chi connectivity index (χ3v) is 9.32. The van der Waals surface area contributed by atoms with E-state index in [1.54, 1.807) is 29.6 Å². The fourth-order valence-electron chi connectivity index (χ4n) is 4.35. The third kappa shape index (κ3) is 4.82. The minimum atomic E-state index is -3.60. The Bertz CT molecular complexity index is 1080. The van der Waals surface area contributed by atoms with Gasteiger partial charge in [0.15, 0.2) is 0 Å². The van der Waals surface area contributed by atoms with E-state index in [1.165, 1.54) is 22.1 Å². The molecule has 172 valence electrons. The summed E-state index contributed by atoms with van der Waals surface area (Å²) in [5.41, 5.74) is 7.20. The summed E-state index contributed by atoms with van der Waals surface area (Å²) >= 11 is 1.18. The predicted octanol–water partition coefficient (Wildman–Crippen LogP) is 2.88. The summed E-state index contributed by atoms with van der Waals surface area (Å²) in [7, 11) is -3.60. The Morgan fingerprint density at radius 3 is 2.53 bits per heavy atom. The lowest BCUT2D eigenvalue weighted by atomic mass is 9.98. The normalized spacial score (nSPS) is 20.1. The van der Waals surface area contributed by atoms with Crippen LogP contribution in [-0.2, 0) is 14.8 Å². The van der Waals surface area contributed by atoms with Crippen molar-refractivity contribution in [2.75, 3.05) is 36.4 Å². The fraction of sp³-hybridized carbons (Fsp3) is 0.455. The summed E-state index contributed by atoms with van der Waals surface area (Å²) in [5, 5.41) is 4.70. The molecule has 2 aliphatic rings. The molecule has 2 fully saturated rings. The number of carbonyl (C=O) groups is 2. The summed E-state index contributed by atoms with van der Waals surface area (Å²) < 4.78 is 27.5. The number of hydrogen-bond acceptors (Lipinski definition) is 6. The molecule has 2 amide bonds. The molecule has 0 saturated carbocycles. The number of nitrogens with one attached hydrogen (secondary N) is 1. The van der Waals surface area contributed by atoms with E-state index < -0.39 is 21.8 Å². The fourth-order valence-corrected chi connectivity index (χ4v) is 7.02. The molecule has 0 spiro atoms. The Morgan fingerprint density at radius 2 is 1.84 bits per heavy atom. The standard InChI is InChI=1S/C22H28N4O4S2/c23-21(27)16-8-9-19(25-10-2-1-3-11-25)18(14-16)24-22(28)17-6-4-12-26(15-17)32(29,30)20-7-5-13-31-20/h5,7-9,13-14,17H,1-4,6,10-12,15H2,(H2,23,27)(H,24,28). The summed E-state index contributed by atoms with van der Waals surface area (Å²) in [6, 6.07) is 8.42. The quantitative estimate of drug-likeness (QED) is 0.666. The molecule has 4 rings (SSSR count). The molecule has 1 aromatic heterocycles. The van der Waals surface area contributed by atoms with E-state index in [0.717, 1.165) is 31.6 Å². The Labute approximate surface area is 192 Å². The number of amides is 2. The number of carbonyl (C=O) groups excluding carboxylic acids is 2. The van der Waals surface area contributed by atoms with Gasteiger partial charge >= 0.3 is 0 Å². The van der Waals surface area contributed by atoms with Gasteiger partial charge in [-0.15, -0.1) is 11.3 Å². The highest BCUT2D eigenvalue weighted by molar-refractivity contribution is 7.91. The van der Waals surface area contributed by atoms with Crippen LogP contribution < -0.4 is 16.0 Å². The van der Waals surface area contributed by atoms with Crippen LogP contribution in [0.3, 0.4) is 0 Å². The highest BCUT2D eigenvalue weighted by Crippen LogP contribution is 2.32. The first-order valence-corrected chi connectivity index (χ1v) is 13.2. The predicted molar refractivity (Wildman–Crippen MR) is 125 cm³/mol. The summed E-state index contributed by atoms with van der Waals surface area (Å²) in [6.45, 7) is 2.31. The van der Waals surface area contributed by atoms with Gasteiger partial charge in [-0.1, -0.05) is 6.07 Å². The molecule has 3 N–H and O–H groups in total. The van der Waals surface area contributed by atoms with Gasteiger partial charge in [-0.3, -0.25) is 9.59 Å². The Kier molecular flexibility index (Phi) is 6.82. The minimum Gasteiger partial charge on any atom is -0.370 e. The summed E-state index contributed by atoms with van der Waals surface area (Å²) in [6.07, 6.45) is 4.54. The van der Waals surface area contributed by atoms with Gasteiger partial charge in [0.1, 0.15) is 4.21 Å². The van der Waals surface area contributed by atoms with Gasteiger partial charge in [-0.05, 0) is 61.7 Å². The van der Waals surface area contributed by atoms with Crippen molar-refractivity contribution in [2.45, 2.75) is 36.3 Å². The largest absolute Gasteiger partial charge is 0.370 e. The van der Waals surface area contributed by atoms with E-state index >= 15 is 0 Å². The van der Waals surface area contributed by atoms with Crippen LogP contribution in [0.25, 0.3) is 0 Å². The minimum absolute atomic E-state index is 0.140. The molecular weight excluding hydrogens is 448 g/mol. The van der Waals surface area contributed by atoms with E-state index in [-0.39, 0.29) is 12.5 Å². The van der Waals surface area contributed by atoms with Crippen LogP contribution >= 0.6 is 11.3 Å². The first-order chi connectivity index (χ1) is 15.4. The first kappa shape index (κ1) is 22.8. The Hall–Kier alpha value is -2.43. The van der Waals surface area contributed by atoms with Gasteiger partial charge in [0.25, 0.3) is 10.0 Å². The van der Waals surface area contributed by atoms with Crippen molar-refractivity contribution in [1.29, 1.82) is 0 Å². The summed E-state index contributed by atoms with van der Waals surface area (Å²) in [5.74, 6) is -1.27. The monoisotopic (exact) mass is 476 g/mol. The maximum Gasteiger partial charge on any atom is 0.252 e. The number of nitrogens with two attached hydrogens (primary N) is 1. The molecule has 1 unspecified atom stereocenters. The molecule has 8 nitrogen and oxygen atoms in total. The highest BCUT2D eigenvalue weighted by atomic mass is 32.2. The molecule has 32 heavy (non-hydrogen) atoms. The lowest BCUT2D eigenvalue weighted by molar-refractivity contribution is -0.120. The number of sulfonamides is 1. The number of benzene rings is 1. The SMILES string of the molecule is NC(=O)c1ccc(N2CCCCC2)c(NC(=O)C2CCCN(S(=O)(=O)c3cccs3)C2)c1. The van der Waals surface area contributed by atoms with Gasteiger partial charge in [0, 0.05) is 31.7 Å². The molecule has 2 saturated heterocycles. The van der Waals surface area contributed by atoms with Crippen LogP contribution in [0.15, 0.2) is 39.9 Å². The molecule has 0 radical (unpaired) electrons. The molecule has 2 aromatic rings. The molecule has 1 aromatic carbocycles.